The van der Waals surface area contributed by atoms with Crippen LogP contribution in [0.1, 0.15) is 12.7 Å². The Kier molecular flexibility index (Phi) is 4.26. The van der Waals surface area contributed by atoms with Gasteiger partial charge in [0.15, 0.2) is 0 Å². The molecular formula is C13H13BrClNO. The van der Waals surface area contributed by atoms with Crippen molar-refractivity contribution in [2.45, 2.75) is 13.5 Å². The molecule has 0 radical (unpaired) electrons. The fourth-order valence-electron chi connectivity index (χ4n) is 1.56. The van der Waals surface area contributed by atoms with E-state index in [-0.39, 0.29) is 0 Å². The highest BCUT2D eigenvalue weighted by atomic mass is 79.9. The number of hydrogen-bond acceptors (Lipinski definition) is 2. The van der Waals surface area contributed by atoms with Crippen LogP contribution in [0, 0.1) is 0 Å². The fraction of sp³-hybridized carbons (Fsp3) is 0.231. The second kappa shape index (κ2) is 5.71. The van der Waals surface area contributed by atoms with Crippen LogP contribution in [0.5, 0.6) is 0 Å². The van der Waals surface area contributed by atoms with Gasteiger partial charge in [0.1, 0.15) is 11.5 Å². The second-order valence-corrected chi connectivity index (χ2v) is 4.85. The zero-order valence-electron chi connectivity index (χ0n) is 9.47. The van der Waals surface area contributed by atoms with Gasteiger partial charge in [-0.15, -0.1) is 0 Å². The van der Waals surface area contributed by atoms with E-state index in [1.54, 1.807) is 0 Å². The van der Waals surface area contributed by atoms with Crippen molar-refractivity contribution in [3.8, 4) is 11.3 Å². The predicted molar refractivity (Wildman–Crippen MR) is 74.2 cm³/mol. The molecule has 1 aromatic carbocycles. The summed E-state index contributed by atoms with van der Waals surface area (Å²) >= 11 is 9.52. The summed E-state index contributed by atoms with van der Waals surface area (Å²) in [6.07, 6.45) is 0. The van der Waals surface area contributed by atoms with Crippen molar-refractivity contribution in [1.29, 1.82) is 0 Å². The number of rotatable bonds is 4. The van der Waals surface area contributed by atoms with Crippen molar-refractivity contribution < 1.29 is 4.42 Å². The average molecular weight is 315 g/mol. The van der Waals surface area contributed by atoms with Crippen molar-refractivity contribution >= 4 is 27.5 Å². The first-order chi connectivity index (χ1) is 8.22. The van der Waals surface area contributed by atoms with Crippen molar-refractivity contribution in [2.75, 3.05) is 6.54 Å². The third-order valence-corrected chi connectivity index (χ3v) is 3.83. The molecule has 0 unspecified atom stereocenters. The van der Waals surface area contributed by atoms with Crippen LogP contribution < -0.4 is 5.32 Å². The zero-order valence-corrected chi connectivity index (χ0v) is 11.8. The smallest absolute Gasteiger partial charge is 0.135 e. The molecule has 1 N–H and O–H groups in total. The molecule has 0 saturated carbocycles. The molecule has 0 aliphatic rings. The SMILES string of the molecule is CCNCc1ccc(-c2cccc(Cl)c2Br)o1. The maximum absolute atomic E-state index is 6.05. The van der Waals surface area contributed by atoms with E-state index in [1.165, 1.54) is 0 Å². The minimum absolute atomic E-state index is 0.687. The van der Waals surface area contributed by atoms with Crippen LogP contribution in [-0.2, 0) is 6.54 Å². The number of hydrogen-bond donors (Lipinski definition) is 1. The first kappa shape index (κ1) is 12.7. The topological polar surface area (TPSA) is 25.2 Å². The predicted octanol–water partition coefficient (Wildman–Crippen LogP) is 4.47. The molecule has 0 amide bonds. The van der Waals surface area contributed by atoms with Gasteiger partial charge in [-0.3, -0.25) is 0 Å². The van der Waals surface area contributed by atoms with Crippen molar-refractivity contribution in [1.82, 2.24) is 5.32 Å². The lowest BCUT2D eigenvalue weighted by atomic mass is 10.2. The third-order valence-electron chi connectivity index (χ3n) is 2.43. The molecule has 0 aliphatic carbocycles. The first-order valence-corrected chi connectivity index (χ1v) is 6.63. The zero-order chi connectivity index (χ0) is 12.3. The number of benzene rings is 1. The summed E-state index contributed by atoms with van der Waals surface area (Å²) in [5, 5.41) is 3.91. The molecule has 1 heterocycles. The molecule has 2 aromatic rings. The van der Waals surface area contributed by atoms with Crippen molar-refractivity contribution in [2.24, 2.45) is 0 Å². The summed E-state index contributed by atoms with van der Waals surface area (Å²) in [4.78, 5) is 0. The standard InChI is InChI=1S/C13H13BrClNO/c1-2-16-8-9-6-7-12(17-9)10-4-3-5-11(15)13(10)14/h3-7,16H,2,8H2,1H3. The van der Waals surface area contributed by atoms with Gasteiger partial charge in [0, 0.05) is 10.0 Å². The van der Waals surface area contributed by atoms with E-state index in [4.69, 9.17) is 16.0 Å². The molecule has 90 valence electrons. The number of furan rings is 1. The summed E-state index contributed by atoms with van der Waals surface area (Å²) in [6.45, 7) is 3.74. The van der Waals surface area contributed by atoms with Crippen LogP contribution in [0.15, 0.2) is 39.2 Å². The van der Waals surface area contributed by atoms with Gasteiger partial charge in [0.2, 0.25) is 0 Å². The lowest BCUT2D eigenvalue weighted by Crippen LogP contribution is -2.10. The monoisotopic (exact) mass is 313 g/mol. The van der Waals surface area contributed by atoms with E-state index in [0.717, 1.165) is 34.6 Å². The van der Waals surface area contributed by atoms with Crippen LogP contribution >= 0.6 is 27.5 Å². The molecule has 1 aromatic heterocycles. The Morgan fingerprint density at radius 1 is 1.29 bits per heavy atom. The summed E-state index contributed by atoms with van der Waals surface area (Å²) in [6, 6.07) is 9.67. The van der Waals surface area contributed by atoms with Gasteiger partial charge in [-0.25, -0.2) is 0 Å². The Morgan fingerprint density at radius 3 is 2.88 bits per heavy atom. The van der Waals surface area contributed by atoms with Gasteiger partial charge in [0.05, 0.1) is 11.6 Å². The minimum Gasteiger partial charge on any atom is -0.460 e. The lowest BCUT2D eigenvalue weighted by Gasteiger charge is -2.03. The van der Waals surface area contributed by atoms with E-state index in [9.17, 15) is 0 Å². The average Bonchev–Trinajstić information content (AvgIpc) is 2.78. The summed E-state index contributed by atoms with van der Waals surface area (Å²) in [7, 11) is 0. The van der Waals surface area contributed by atoms with Crippen molar-refractivity contribution in [3.63, 3.8) is 0 Å². The van der Waals surface area contributed by atoms with Gasteiger partial charge in [-0.2, -0.15) is 0 Å². The van der Waals surface area contributed by atoms with Gasteiger partial charge in [-0.1, -0.05) is 24.6 Å². The third kappa shape index (κ3) is 2.92. The highest BCUT2D eigenvalue weighted by molar-refractivity contribution is 9.10. The maximum Gasteiger partial charge on any atom is 0.135 e. The highest BCUT2D eigenvalue weighted by Crippen LogP contribution is 2.34. The Hall–Kier alpha value is -0.770. The van der Waals surface area contributed by atoms with E-state index < -0.39 is 0 Å². The molecule has 0 fully saturated rings. The van der Waals surface area contributed by atoms with Crippen LogP contribution in [0.4, 0.5) is 0 Å². The van der Waals surface area contributed by atoms with E-state index in [2.05, 4.69) is 28.2 Å². The Labute approximate surface area is 114 Å². The quantitative estimate of drug-likeness (QED) is 0.900. The summed E-state index contributed by atoms with van der Waals surface area (Å²) in [5.74, 6) is 1.75. The summed E-state index contributed by atoms with van der Waals surface area (Å²) in [5.41, 5.74) is 0.972. The van der Waals surface area contributed by atoms with E-state index in [0.29, 0.717) is 5.02 Å². The van der Waals surface area contributed by atoms with Crippen LogP contribution in [0.2, 0.25) is 5.02 Å². The molecule has 0 bridgehead atoms. The molecular weight excluding hydrogens is 302 g/mol. The second-order valence-electron chi connectivity index (χ2n) is 3.65. The molecule has 0 saturated heterocycles. The molecule has 2 rings (SSSR count). The molecule has 4 heteroatoms. The van der Waals surface area contributed by atoms with Crippen LogP contribution in [-0.4, -0.2) is 6.54 Å². The molecule has 2 nitrogen and oxygen atoms in total. The van der Waals surface area contributed by atoms with Gasteiger partial charge >= 0.3 is 0 Å². The largest absolute Gasteiger partial charge is 0.460 e. The van der Waals surface area contributed by atoms with Crippen LogP contribution in [0.3, 0.4) is 0 Å². The fourth-order valence-corrected chi connectivity index (χ4v) is 2.19. The normalized spacial score (nSPS) is 10.8. The van der Waals surface area contributed by atoms with E-state index >= 15 is 0 Å². The maximum atomic E-state index is 6.05. The number of nitrogens with one attached hydrogen (secondary N) is 1. The Morgan fingerprint density at radius 2 is 2.12 bits per heavy atom. The highest BCUT2D eigenvalue weighted by Gasteiger charge is 2.10. The molecule has 0 aliphatic heterocycles. The van der Waals surface area contributed by atoms with Gasteiger partial charge in [0.25, 0.3) is 0 Å². The molecule has 17 heavy (non-hydrogen) atoms. The Balaban J connectivity index is 2.27. The van der Waals surface area contributed by atoms with E-state index in [1.807, 2.05) is 30.3 Å². The van der Waals surface area contributed by atoms with Crippen molar-refractivity contribution in [3.05, 3.63) is 45.6 Å². The number of halogens is 2. The lowest BCUT2D eigenvalue weighted by molar-refractivity contribution is 0.498. The molecule has 0 atom stereocenters. The summed E-state index contributed by atoms with van der Waals surface area (Å²) < 4.78 is 6.62. The van der Waals surface area contributed by atoms with Crippen LogP contribution in [0.25, 0.3) is 11.3 Å². The Bertz CT molecular complexity index is 510. The van der Waals surface area contributed by atoms with Gasteiger partial charge in [-0.05, 0) is 46.7 Å². The first-order valence-electron chi connectivity index (χ1n) is 5.46. The molecule has 0 spiro atoms. The van der Waals surface area contributed by atoms with Gasteiger partial charge < -0.3 is 9.73 Å². The minimum atomic E-state index is 0.687.